The number of nitrogens with one attached hydrogen (secondary N) is 1. The molecular weight excluding hydrogens is 252 g/mol. The van der Waals surface area contributed by atoms with E-state index in [0.29, 0.717) is 0 Å². The average molecular weight is 267 g/mol. The highest BCUT2D eigenvalue weighted by atomic mass is 35.5. The van der Waals surface area contributed by atoms with Gasteiger partial charge in [-0.05, 0) is 54.4 Å². The number of pyridine rings is 1. The molecule has 2 aromatic rings. The Morgan fingerprint density at radius 2 is 2.35 bits per heavy atom. The van der Waals surface area contributed by atoms with E-state index >= 15 is 0 Å². The van der Waals surface area contributed by atoms with Crippen LogP contribution in [0.2, 0.25) is 5.02 Å². The summed E-state index contributed by atoms with van der Waals surface area (Å²) in [6.45, 7) is 0. The van der Waals surface area contributed by atoms with Crippen molar-refractivity contribution in [3.05, 3.63) is 51.4 Å². The van der Waals surface area contributed by atoms with Crippen LogP contribution in [0.1, 0.15) is 23.7 Å². The largest absolute Gasteiger partial charge is 0.312 e. The van der Waals surface area contributed by atoms with Crippen molar-refractivity contribution < 1.29 is 0 Å². The first-order valence-corrected chi connectivity index (χ1v) is 6.92. The van der Waals surface area contributed by atoms with Crippen LogP contribution >= 0.6 is 22.9 Å². The highest BCUT2D eigenvalue weighted by molar-refractivity contribution is 7.07. The molecule has 1 N–H and O–H groups in total. The lowest BCUT2D eigenvalue weighted by atomic mass is 10.0. The molecule has 90 valence electrons. The van der Waals surface area contributed by atoms with Crippen LogP contribution in [0.15, 0.2) is 35.2 Å². The Balaban J connectivity index is 2.04. The van der Waals surface area contributed by atoms with E-state index in [2.05, 4.69) is 27.1 Å². The van der Waals surface area contributed by atoms with E-state index in [-0.39, 0.29) is 6.04 Å². The fourth-order valence-corrected chi connectivity index (χ4v) is 2.77. The van der Waals surface area contributed by atoms with Crippen molar-refractivity contribution in [3.8, 4) is 0 Å². The van der Waals surface area contributed by atoms with E-state index < -0.39 is 0 Å². The van der Waals surface area contributed by atoms with Gasteiger partial charge in [0.1, 0.15) is 0 Å². The molecular formula is C13H15ClN2S. The third-order valence-electron chi connectivity index (χ3n) is 2.77. The SMILES string of the molecule is CNC(CCc1ccsc1)c1ncccc1Cl. The van der Waals surface area contributed by atoms with Crippen LogP contribution in [-0.4, -0.2) is 12.0 Å². The van der Waals surface area contributed by atoms with Crippen LogP contribution in [0.25, 0.3) is 0 Å². The number of hydrogen-bond acceptors (Lipinski definition) is 3. The van der Waals surface area contributed by atoms with Gasteiger partial charge in [-0.2, -0.15) is 11.3 Å². The summed E-state index contributed by atoms with van der Waals surface area (Å²) in [5, 5.41) is 8.31. The second-order valence-corrected chi connectivity index (χ2v) is 5.07. The van der Waals surface area contributed by atoms with Gasteiger partial charge in [-0.1, -0.05) is 11.6 Å². The van der Waals surface area contributed by atoms with Crippen molar-refractivity contribution in [2.75, 3.05) is 7.05 Å². The van der Waals surface area contributed by atoms with E-state index in [0.717, 1.165) is 23.6 Å². The number of aromatic nitrogens is 1. The van der Waals surface area contributed by atoms with Gasteiger partial charge < -0.3 is 5.32 Å². The zero-order valence-corrected chi connectivity index (χ0v) is 11.3. The second kappa shape index (κ2) is 6.15. The number of rotatable bonds is 5. The molecule has 0 saturated heterocycles. The fourth-order valence-electron chi connectivity index (χ4n) is 1.82. The number of nitrogens with zero attached hydrogens (tertiary/aromatic N) is 1. The smallest absolute Gasteiger partial charge is 0.0758 e. The lowest BCUT2D eigenvalue weighted by molar-refractivity contribution is 0.536. The minimum atomic E-state index is 0.212. The molecule has 1 unspecified atom stereocenters. The van der Waals surface area contributed by atoms with Gasteiger partial charge in [0.05, 0.1) is 16.8 Å². The molecule has 0 aliphatic rings. The zero-order chi connectivity index (χ0) is 12.1. The Labute approximate surface area is 111 Å². The van der Waals surface area contributed by atoms with E-state index in [1.165, 1.54) is 5.56 Å². The van der Waals surface area contributed by atoms with Crippen molar-refractivity contribution >= 4 is 22.9 Å². The zero-order valence-electron chi connectivity index (χ0n) is 9.69. The van der Waals surface area contributed by atoms with Gasteiger partial charge >= 0.3 is 0 Å². The van der Waals surface area contributed by atoms with Gasteiger partial charge in [0.25, 0.3) is 0 Å². The van der Waals surface area contributed by atoms with E-state index in [9.17, 15) is 0 Å². The van der Waals surface area contributed by atoms with Crippen molar-refractivity contribution in [1.82, 2.24) is 10.3 Å². The summed E-state index contributed by atoms with van der Waals surface area (Å²) in [6.07, 6.45) is 3.84. The topological polar surface area (TPSA) is 24.9 Å². The lowest BCUT2D eigenvalue weighted by Crippen LogP contribution is -2.18. The summed E-state index contributed by atoms with van der Waals surface area (Å²) >= 11 is 7.89. The third kappa shape index (κ3) is 3.28. The molecule has 0 aliphatic heterocycles. The Morgan fingerprint density at radius 1 is 1.47 bits per heavy atom. The van der Waals surface area contributed by atoms with Crippen molar-refractivity contribution in [1.29, 1.82) is 0 Å². The molecule has 0 aromatic carbocycles. The minimum absolute atomic E-state index is 0.212. The van der Waals surface area contributed by atoms with Gasteiger partial charge in [-0.25, -0.2) is 0 Å². The Bertz CT molecular complexity index is 456. The molecule has 2 rings (SSSR count). The van der Waals surface area contributed by atoms with Gasteiger partial charge in [0, 0.05) is 6.20 Å². The molecule has 4 heteroatoms. The molecule has 2 heterocycles. The molecule has 2 nitrogen and oxygen atoms in total. The molecule has 0 amide bonds. The van der Waals surface area contributed by atoms with Crippen LogP contribution in [0.5, 0.6) is 0 Å². The molecule has 0 bridgehead atoms. The van der Waals surface area contributed by atoms with Crippen LogP contribution in [0.4, 0.5) is 0 Å². The second-order valence-electron chi connectivity index (χ2n) is 3.88. The molecule has 0 aliphatic carbocycles. The molecule has 0 saturated carbocycles. The maximum absolute atomic E-state index is 6.16. The Hall–Kier alpha value is -0.900. The van der Waals surface area contributed by atoms with Crippen LogP contribution in [-0.2, 0) is 6.42 Å². The predicted molar refractivity (Wildman–Crippen MR) is 73.7 cm³/mol. The van der Waals surface area contributed by atoms with E-state index in [1.54, 1.807) is 17.5 Å². The molecule has 1 atom stereocenters. The summed E-state index contributed by atoms with van der Waals surface area (Å²) in [6, 6.07) is 6.12. The van der Waals surface area contributed by atoms with Crippen LogP contribution in [0, 0.1) is 0 Å². The molecule has 0 radical (unpaired) electrons. The highest BCUT2D eigenvalue weighted by Crippen LogP contribution is 2.24. The van der Waals surface area contributed by atoms with Crippen molar-refractivity contribution in [2.24, 2.45) is 0 Å². The molecule has 0 spiro atoms. The number of hydrogen-bond donors (Lipinski definition) is 1. The lowest BCUT2D eigenvalue weighted by Gasteiger charge is -2.16. The summed E-state index contributed by atoms with van der Waals surface area (Å²) in [5.74, 6) is 0. The van der Waals surface area contributed by atoms with Gasteiger partial charge in [0.15, 0.2) is 0 Å². The average Bonchev–Trinajstić information content (AvgIpc) is 2.85. The number of thiophene rings is 1. The first kappa shape index (κ1) is 12.6. The number of halogens is 1. The van der Waals surface area contributed by atoms with E-state index in [4.69, 9.17) is 11.6 Å². The summed E-state index contributed by atoms with van der Waals surface area (Å²) in [7, 11) is 1.95. The first-order chi connectivity index (χ1) is 8.31. The highest BCUT2D eigenvalue weighted by Gasteiger charge is 2.13. The van der Waals surface area contributed by atoms with Crippen molar-refractivity contribution in [3.63, 3.8) is 0 Å². The summed E-state index contributed by atoms with van der Waals surface area (Å²) < 4.78 is 0. The summed E-state index contributed by atoms with van der Waals surface area (Å²) in [4.78, 5) is 4.36. The molecule has 17 heavy (non-hydrogen) atoms. The predicted octanol–water partition coefficient (Wildman–Crippen LogP) is 3.69. The fraction of sp³-hybridized carbons (Fsp3) is 0.308. The molecule has 2 aromatic heterocycles. The number of aryl methyl sites for hydroxylation is 1. The van der Waals surface area contributed by atoms with Crippen LogP contribution in [0.3, 0.4) is 0 Å². The Morgan fingerprint density at radius 3 is 3.00 bits per heavy atom. The molecule has 0 fully saturated rings. The normalized spacial score (nSPS) is 12.6. The standard InChI is InChI=1S/C13H15ClN2S/c1-15-12(5-4-10-6-8-17-9-10)13-11(14)3-2-7-16-13/h2-3,6-9,12,15H,4-5H2,1H3. The van der Waals surface area contributed by atoms with Gasteiger partial charge in [0.2, 0.25) is 0 Å². The Kier molecular flexibility index (Phi) is 4.54. The quantitative estimate of drug-likeness (QED) is 0.893. The van der Waals surface area contributed by atoms with Gasteiger partial charge in [-0.15, -0.1) is 0 Å². The van der Waals surface area contributed by atoms with Crippen molar-refractivity contribution in [2.45, 2.75) is 18.9 Å². The van der Waals surface area contributed by atoms with E-state index in [1.807, 2.05) is 19.2 Å². The minimum Gasteiger partial charge on any atom is -0.312 e. The maximum Gasteiger partial charge on any atom is 0.0758 e. The maximum atomic E-state index is 6.16. The monoisotopic (exact) mass is 266 g/mol. The third-order valence-corrected chi connectivity index (χ3v) is 3.82. The summed E-state index contributed by atoms with van der Waals surface area (Å²) in [5.41, 5.74) is 2.31. The van der Waals surface area contributed by atoms with Crippen LogP contribution < -0.4 is 5.32 Å². The first-order valence-electron chi connectivity index (χ1n) is 5.60. The van der Waals surface area contributed by atoms with Gasteiger partial charge in [-0.3, -0.25) is 4.98 Å².